The van der Waals surface area contributed by atoms with Crippen molar-refractivity contribution in [2.75, 3.05) is 13.2 Å². The van der Waals surface area contributed by atoms with E-state index in [0.717, 1.165) is 0 Å². The van der Waals surface area contributed by atoms with Gasteiger partial charge in [-0.2, -0.15) is 0 Å². The Bertz CT molecular complexity index is 282. The first-order valence-electron chi connectivity index (χ1n) is 4.60. The standard InChI is InChI=1S/C11H14O3/c12-7-6-10(8-13)11(14)9-4-2-1-3-5-9/h1-5,10,12-13H,6-8H2/t10-/m0/s1. The van der Waals surface area contributed by atoms with Gasteiger partial charge in [0.05, 0.1) is 6.61 Å². The van der Waals surface area contributed by atoms with Crippen LogP contribution in [0.15, 0.2) is 30.3 Å². The van der Waals surface area contributed by atoms with Crippen LogP contribution in [0.2, 0.25) is 0 Å². The Morgan fingerprint density at radius 2 is 1.86 bits per heavy atom. The summed E-state index contributed by atoms with van der Waals surface area (Å²) in [5.41, 5.74) is 0.583. The molecule has 0 bridgehead atoms. The normalized spacial score (nSPS) is 12.4. The summed E-state index contributed by atoms with van der Waals surface area (Å²) in [4.78, 5) is 11.7. The lowest BCUT2D eigenvalue weighted by Gasteiger charge is -2.10. The van der Waals surface area contributed by atoms with Crippen molar-refractivity contribution < 1.29 is 15.0 Å². The topological polar surface area (TPSA) is 57.5 Å². The molecule has 0 heterocycles. The fourth-order valence-corrected chi connectivity index (χ4v) is 1.30. The maximum atomic E-state index is 11.7. The molecule has 0 aliphatic rings. The summed E-state index contributed by atoms with van der Waals surface area (Å²) in [6.07, 6.45) is 0.310. The molecule has 1 atom stereocenters. The van der Waals surface area contributed by atoms with Crippen LogP contribution in [0.3, 0.4) is 0 Å². The molecule has 2 N–H and O–H groups in total. The van der Waals surface area contributed by atoms with Crippen molar-refractivity contribution in [2.24, 2.45) is 5.92 Å². The van der Waals surface area contributed by atoms with E-state index in [1.807, 2.05) is 6.07 Å². The van der Waals surface area contributed by atoms with E-state index in [4.69, 9.17) is 10.2 Å². The number of aliphatic hydroxyl groups excluding tert-OH is 2. The maximum Gasteiger partial charge on any atom is 0.168 e. The van der Waals surface area contributed by atoms with E-state index < -0.39 is 5.92 Å². The number of Topliss-reactive ketones (excluding diaryl/α,β-unsaturated/α-hetero) is 1. The number of ketones is 1. The van der Waals surface area contributed by atoms with Crippen LogP contribution in [0, 0.1) is 5.92 Å². The van der Waals surface area contributed by atoms with Gasteiger partial charge in [-0.25, -0.2) is 0 Å². The second-order valence-electron chi connectivity index (χ2n) is 3.12. The quantitative estimate of drug-likeness (QED) is 0.683. The van der Waals surface area contributed by atoms with Crippen LogP contribution in [-0.4, -0.2) is 29.2 Å². The Morgan fingerprint density at radius 3 is 2.36 bits per heavy atom. The van der Waals surface area contributed by atoms with Gasteiger partial charge in [0.25, 0.3) is 0 Å². The van der Waals surface area contributed by atoms with Crippen molar-refractivity contribution in [2.45, 2.75) is 6.42 Å². The summed E-state index contributed by atoms with van der Waals surface area (Å²) < 4.78 is 0. The molecule has 14 heavy (non-hydrogen) atoms. The van der Waals surface area contributed by atoms with Crippen molar-refractivity contribution in [1.82, 2.24) is 0 Å². The molecule has 1 rings (SSSR count). The molecule has 76 valence electrons. The summed E-state index contributed by atoms with van der Waals surface area (Å²) in [6.45, 7) is -0.294. The van der Waals surface area contributed by atoms with Gasteiger partial charge >= 0.3 is 0 Å². The molecule has 0 fully saturated rings. The zero-order valence-electron chi connectivity index (χ0n) is 7.89. The molecule has 3 nitrogen and oxygen atoms in total. The molecule has 0 unspecified atom stereocenters. The number of rotatable bonds is 5. The molecular weight excluding hydrogens is 180 g/mol. The average Bonchev–Trinajstić information content (AvgIpc) is 2.26. The van der Waals surface area contributed by atoms with Crippen LogP contribution >= 0.6 is 0 Å². The van der Waals surface area contributed by atoms with E-state index in [2.05, 4.69) is 0 Å². The van der Waals surface area contributed by atoms with Gasteiger partial charge in [0.15, 0.2) is 5.78 Å². The SMILES string of the molecule is O=C(c1ccccc1)[C@H](CO)CCO. The van der Waals surface area contributed by atoms with Gasteiger partial charge in [-0.15, -0.1) is 0 Å². The van der Waals surface area contributed by atoms with Gasteiger partial charge in [0.1, 0.15) is 0 Å². The van der Waals surface area contributed by atoms with Gasteiger partial charge in [0, 0.05) is 18.1 Å². The van der Waals surface area contributed by atoms with E-state index in [-0.39, 0.29) is 19.0 Å². The maximum absolute atomic E-state index is 11.7. The fourth-order valence-electron chi connectivity index (χ4n) is 1.30. The zero-order chi connectivity index (χ0) is 10.4. The van der Waals surface area contributed by atoms with E-state index in [0.29, 0.717) is 12.0 Å². The number of hydrogen-bond donors (Lipinski definition) is 2. The minimum atomic E-state index is -0.484. The molecule has 0 aromatic heterocycles. The molecule has 0 radical (unpaired) electrons. The van der Waals surface area contributed by atoms with E-state index in [1.54, 1.807) is 24.3 Å². The lowest BCUT2D eigenvalue weighted by Crippen LogP contribution is -2.19. The predicted octanol–water partition coefficient (Wildman–Crippen LogP) is 0.860. The third-order valence-corrected chi connectivity index (χ3v) is 2.13. The highest BCUT2D eigenvalue weighted by Crippen LogP contribution is 2.11. The van der Waals surface area contributed by atoms with Gasteiger partial charge < -0.3 is 10.2 Å². The zero-order valence-corrected chi connectivity index (χ0v) is 7.89. The minimum Gasteiger partial charge on any atom is -0.396 e. The van der Waals surface area contributed by atoms with Gasteiger partial charge in [-0.05, 0) is 6.42 Å². The second-order valence-corrected chi connectivity index (χ2v) is 3.12. The van der Waals surface area contributed by atoms with E-state index >= 15 is 0 Å². The van der Waals surface area contributed by atoms with Crippen LogP contribution in [0.1, 0.15) is 16.8 Å². The third-order valence-electron chi connectivity index (χ3n) is 2.13. The lowest BCUT2D eigenvalue weighted by molar-refractivity contribution is 0.0824. The number of carbonyl (C=O) groups excluding carboxylic acids is 1. The first-order valence-corrected chi connectivity index (χ1v) is 4.60. The number of aliphatic hydroxyl groups is 2. The average molecular weight is 194 g/mol. The van der Waals surface area contributed by atoms with Crippen molar-refractivity contribution in [3.05, 3.63) is 35.9 Å². The van der Waals surface area contributed by atoms with Gasteiger partial charge in [-0.1, -0.05) is 30.3 Å². The molecule has 0 aliphatic heterocycles. The van der Waals surface area contributed by atoms with Crippen LogP contribution in [0.4, 0.5) is 0 Å². The summed E-state index contributed by atoms with van der Waals surface area (Å²) >= 11 is 0. The summed E-state index contributed by atoms with van der Waals surface area (Å²) in [5.74, 6) is -0.593. The van der Waals surface area contributed by atoms with Crippen molar-refractivity contribution in [3.8, 4) is 0 Å². The molecule has 1 aromatic carbocycles. The first-order chi connectivity index (χ1) is 6.79. The summed E-state index contributed by atoms with van der Waals surface area (Å²) in [6, 6.07) is 8.81. The fraction of sp³-hybridized carbons (Fsp3) is 0.364. The Hall–Kier alpha value is -1.19. The smallest absolute Gasteiger partial charge is 0.168 e. The number of benzene rings is 1. The van der Waals surface area contributed by atoms with Crippen molar-refractivity contribution >= 4 is 5.78 Å². The monoisotopic (exact) mass is 194 g/mol. The lowest BCUT2D eigenvalue weighted by atomic mass is 9.96. The predicted molar refractivity (Wildman–Crippen MR) is 53.1 cm³/mol. The highest BCUT2D eigenvalue weighted by molar-refractivity contribution is 5.97. The highest BCUT2D eigenvalue weighted by Gasteiger charge is 2.17. The van der Waals surface area contributed by atoms with E-state index in [1.165, 1.54) is 0 Å². The highest BCUT2D eigenvalue weighted by atomic mass is 16.3. The second kappa shape index (κ2) is 5.52. The van der Waals surface area contributed by atoms with Crippen molar-refractivity contribution in [1.29, 1.82) is 0 Å². The van der Waals surface area contributed by atoms with Crippen molar-refractivity contribution in [3.63, 3.8) is 0 Å². The summed E-state index contributed by atoms with van der Waals surface area (Å²) in [5, 5.41) is 17.7. The number of carbonyl (C=O) groups is 1. The molecule has 3 heteroatoms. The van der Waals surface area contributed by atoms with E-state index in [9.17, 15) is 4.79 Å². The molecule has 0 aliphatic carbocycles. The largest absolute Gasteiger partial charge is 0.396 e. The van der Waals surface area contributed by atoms with Crippen LogP contribution in [0.5, 0.6) is 0 Å². The molecule has 0 amide bonds. The Balaban J connectivity index is 2.73. The molecule has 0 spiro atoms. The first kappa shape index (κ1) is 10.9. The third kappa shape index (κ3) is 2.65. The molecular formula is C11H14O3. The number of hydrogen-bond acceptors (Lipinski definition) is 3. The van der Waals surface area contributed by atoms with Crippen LogP contribution < -0.4 is 0 Å². The Kier molecular flexibility index (Phi) is 4.29. The minimum absolute atomic E-state index is 0.0796. The Labute approximate surface area is 83.0 Å². The molecule has 0 saturated heterocycles. The van der Waals surface area contributed by atoms with Crippen LogP contribution in [0.25, 0.3) is 0 Å². The van der Waals surface area contributed by atoms with Gasteiger partial charge in [0.2, 0.25) is 0 Å². The Morgan fingerprint density at radius 1 is 1.21 bits per heavy atom. The molecule has 0 saturated carbocycles. The van der Waals surface area contributed by atoms with Crippen LogP contribution in [-0.2, 0) is 0 Å². The van der Waals surface area contributed by atoms with Gasteiger partial charge in [-0.3, -0.25) is 4.79 Å². The summed E-state index contributed by atoms with van der Waals surface area (Å²) in [7, 11) is 0. The molecule has 1 aromatic rings.